The van der Waals surface area contributed by atoms with Gasteiger partial charge in [-0.2, -0.15) is 0 Å². The van der Waals surface area contributed by atoms with Crippen molar-refractivity contribution >= 4 is 0 Å². The van der Waals surface area contributed by atoms with E-state index in [1.165, 1.54) is 0 Å². The SMILES string of the molecule is C.COC(C)C.COC(C)C. The standard InChI is InChI=1S/2C4H10O.CH4/c2*1-4(2)5-3;/h2*4H,1-3H3;1H4. The first-order valence-corrected chi connectivity index (χ1v) is 3.60. The Labute approximate surface area is 71.9 Å². The third-order valence-electron chi connectivity index (χ3n) is 0.943. The van der Waals surface area contributed by atoms with Crippen LogP contribution in [0, 0.1) is 0 Å². The van der Waals surface area contributed by atoms with E-state index in [2.05, 4.69) is 0 Å². The quantitative estimate of drug-likeness (QED) is 0.624. The van der Waals surface area contributed by atoms with E-state index in [9.17, 15) is 0 Å². The average Bonchev–Trinajstić information content (AvgIpc) is 1.89. The van der Waals surface area contributed by atoms with Gasteiger partial charge in [0.15, 0.2) is 0 Å². The molecule has 0 aromatic rings. The van der Waals surface area contributed by atoms with Gasteiger partial charge in [0.2, 0.25) is 0 Å². The summed E-state index contributed by atoms with van der Waals surface area (Å²) in [6, 6.07) is 0. The monoisotopic (exact) mass is 164 g/mol. The molecule has 0 aromatic carbocycles. The Morgan fingerprint density at radius 1 is 0.727 bits per heavy atom. The lowest BCUT2D eigenvalue weighted by Gasteiger charge is -1.94. The largest absolute Gasteiger partial charge is 0.382 e. The van der Waals surface area contributed by atoms with Gasteiger partial charge in [0, 0.05) is 14.2 Å². The second-order valence-corrected chi connectivity index (χ2v) is 2.57. The molecule has 0 radical (unpaired) electrons. The van der Waals surface area contributed by atoms with Crippen molar-refractivity contribution in [1.82, 2.24) is 0 Å². The molecule has 72 valence electrons. The van der Waals surface area contributed by atoms with Gasteiger partial charge in [-0.1, -0.05) is 7.43 Å². The van der Waals surface area contributed by atoms with Crippen LogP contribution in [-0.2, 0) is 9.47 Å². The number of ether oxygens (including phenoxy) is 2. The molecule has 0 rings (SSSR count). The lowest BCUT2D eigenvalue weighted by atomic mass is 10.5. The average molecular weight is 164 g/mol. The molecule has 2 heteroatoms. The molecule has 0 aromatic heterocycles. The second kappa shape index (κ2) is 12.6. The minimum absolute atomic E-state index is 0. The van der Waals surface area contributed by atoms with Crippen molar-refractivity contribution in [3.63, 3.8) is 0 Å². The van der Waals surface area contributed by atoms with Crippen LogP contribution in [0.4, 0.5) is 0 Å². The van der Waals surface area contributed by atoms with Gasteiger partial charge < -0.3 is 9.47 Å². The summed E-state index contributed by atoms with van der Waals surface area (Å²) in [6.07, 6.45) is 0.769. The summed E-state index contributed by atoms with van der Waals surface area (Å²) in [6.45, 7) is 8.00. The highest BCUT2D eigenvalue weighted by atomic mass is 16.5. The van der Waals surface area contributed by atoms with Crippen molar-refractivity contribution in [2.45, 2.75) is 47.3 Å². The summed E-state index contributed by atoms with van der Waals surface area (Å²) in [5.74, 6) is 0. The first-order chi connectivity index (χ1) is 4.54. The molecule has 0 saturated heterocycles. The van der Waals surface area contributed by atoms with Gasteiger partial charge in [-0.3, -0.25) is 0 Å². The summed E-state index contributed by atoms with van der Waals surface area (Å²) in [5, 5.41) is 0. The third kappa shape index (κ3) is 40.5. The summed E-state index contributed by atoms with van der Waals surface area (Å²) < 4.78 is 9.50. The molecular weight excluding hydrogens is 140 g/mol. The van der Waals surface area contributed by atoms with Crippen LogP contribution < -0.4 is 0 Å². The Bertz CT molecular complexity index is 43.5. The third-order valence-corrected chi connectivity index (χ3v) is 0.943. The highest BCUT2D eigenvalue weighted by Crippen LogP contribution is 1.78. The molecule has 0 aliphatic heterocycles. The Kier molecular flexibility index (Phi) is 19.6. The molecule has 0 heterocycles. The van der Waals surface area contributed by atoms with Crippen LogP contribution in [0.25, 0.3) is 0 Å². The first-order valence-electron chi connectivity index (χ1n) is 3.60. The highest BCUT2D eigenvalue weighted by Gasteiger charge is 1.79. The van der Waals surface area contributed by atoms with Crippen molar-refractivity contribution in [2.75, 3.05) is 14.2 Å². The maximum atomic E-state index is 4.75. The van der Waals surface area contributed by atoms with Gasteiger partial charge in [-0.25, -0.2) is 0 Å². The molecule has 0 N–H and O–H groups in total. The van der Waals surface area contributed by atoms with E-state index >= 15 is 0 Å². The van der Waals surface area contributed by atoms with Gasteiger partial charge in [0.25, 0.3) is 0 Å². The predicted molar refractivity (Wildman–Crippen MR) is 51.0 cm³/mol. The van der Waals surface area contributed by atoms with Crippen LogP contribution in [0.3, 0.4) is 0 Å². The number of rotatable bonds is 2. The molecule has 0 atom stereocenters. The number of hydrogen-bond acceptors (Lipinski definition) is 2. The van der Waals surface area contributed by atoms with Crippen molar-refractivity contribution in [3.05, 3.63) is 0 Å². The molecule has 0 fully saturated rings. The maximum Gasteiger partial charge on any atom is 0.0515 e. The van der Waals surface area contributed by atoms with Crippen molar-refractivity contribution in [1.29, 1.82) is 0 Å². The Balaban J connectivity index is -0.000000107. The molecule has 0 unspecified atom stereocenters. The zero-order valence-electron chi connectivity index (χ0n) is 7.97. The lowest BCUT2D eigenvalue weighted by Crippen LogP contribution is -1.94. The Morgan fingerprint density at radius 2 is 0.818 bits per heavy atom. The smallest absolute Gasteiger partial charge is 0.0515 e. The van der Waals surface area contributed by atoms with Crippen LogP contribution >= 0.6 is 0 Å². The molecule has 2 nitrogen and oxygen atoms in total. The summed E-state index contributed by atoms with van der Waals surface area (Å²) in [4.78, 5) is 0. The van der Waals surface area contributed by atoms with Crippen LogP contribution in [0.2, 0.25) is 0 Å². The summed E-state index contributed by atoms with van der Waals surface area (Å²) in [5.41, 5.74) is 0. The van der Waals surface area contributed by atoms with E-state index in [1.54, 1.807) is 14.2 Å². The zero-order chi connectivity index (χ0) is 8.57. The molecule has 11 heavy (non-hydrogen) atoms. The molecule has 0 amide bonds. The van der Waals surface area contributed by atoms with E-state index in [0.29, 0.717) is 12.2 Å². The second-order valence-electron chi connectivity index (χ2n) is 2.57. The fourth-order valence-electron chi connectivity index (χ4n) is 0. The minimum atomic E-state index is 0. The normalized spacial score (nSPS) is 8.73. The lowest BCUT2D eigenvalue weighted by molar-refractivity contribution is 0.134. The Morgan fingerprint density at radius 3 is 0.818 bits per heavy atom. The van der Waals surface area contributed by atoms with Crippen molar-refractivity contribution in [2.24, 2.45) is 0 Å². The maximum absolute atomic E-state index is 4.75. The van der Waals surface area contributed by atoms with Crippen molar-refractivity contribution < 1.29 is 9.47 Å². The Hall–Kier alpha value is -0.0800. The molecular formula is C9H24O2. The van der Waals surface area contributed by atoms with Crippen molar-refractivity contribution in [3.8, 4) is 0 Å². The fraction of sp³-hybridized carbons (Fsp3) is 1.00. The van der Waals surface area contributed by atoms with Crippen LogP contribution in [0.5, 0.6) is 0 Å². The molecule has 0 bridgehead atoms. The van der Waals surface area contributed by atoms with E-state index in [1.807, 2.05) is 27.7 Å². The van der Waals surface area contributed by atoms with E-state index in [-0.39, 0.29) is 7.43 Å². The molecule has 0 aliphatic carbocycles. The van der Waals surface area contributed by atoms with Crippen LogP contribution in [0.15, 0.2) is 0 Å². The van der Waals surface area contributed by atoms with E-state index in [0.717, 1.165) is 0 Å². The minimum Gasteiger partial charge on any atom is -0.382 e. The number of hydrogen-bond donors (Lipinski definition) is 0. The van der Waals surface area contributed by atoms with Gasteiger partial charge >= 0.3 is 0 Å². The summed E-state index contributed by atoms with van der Waals surface area (Å²) >= 11 is 0. The van der Waals surface area contributed by atoms with Gasteiger partial charge in [0.1, 0.15) is 0 Å². The number of methoxy groups -OCH3 is 2. The van der Waals surface area contributed by atoms with E-state index < -0.39 is 0 Å². The van der Waals surface area contributed by atoms with E-state index in [4.69, 9.17) is 9.47 Å². The molecule has 0 aliphatic rings. The molecule has 0 saturated carbocycles. The van der Waals surface area contributed by atoms with Gasteiger partial charge in [-0.05, 0) is 27.7 Å². The highest BCUT2D eigenvalue weighted by molar-refractivity contribution is 4.27. The van der Waals surface area contributed by atoms with Crippen LogP contribution in [0.1, 0.15) is 35.1 Å². The topological polar surface area (TPSA) is 18.5 Å². The predicted octanol–water partition coefficient (Wildman–Crippen LogP) is 2.72. The molecule has 0 spiro atoms. The van der Waals surface area contributed by atoms with Crippen LogP contribution in [-0.4, -0.2) is 26.4 Å². The first kappa shape index (κ1) is 17.1. The summed E-state index contributed by atoms with van der Waals surface area (Å²) in [7, 11) is 3.40. The van der Waals surface area contributed by atoms with Gasteiger partial charge in [0.05, 0.1) is 12.2 Å². The zero-order valence-corrected chi connectivity index (χ0v) is 7.97. The van der Waals surface area contributed by atoms with Gasteiger partial charge in [-0.15, -0.1) is 0 Å². The fourth-order valence-corrected chi connectivity index (χ4v) is 0.